The number of carbonyl (C=O) groups is 1. The molecule has 0 unspecified atom stereocenters. The highest BCUT2D eigenvalue weighted by atomic mass is 35.5. The van der Waals surface area contributed by atoms with Crippen LogP contribution in [0.2, 0.25) is 5.02 Å². The molecule has 1 heterocycles. The van der Waals surface area contributed by atoms with Gasteiger partial charge in [0.05, 0.1) is 12.8 Å². The number of hydrogen-bond donors (Lipinski definition) is 0. The van der Waals surface area contributed by atoms with Crippen molar-refractivity contribution < 1.29 is 9.53 Å². The molecule has 21 heavy (non-hydrogen) atoms. The maximum atomic E-state index is 12.4. The lowest BCUT2D eigenvalue weighted by molar-refractivity contribution is -0.112. The molecule has 3 rings (SSSR count). The first-order chi connectivity index (χ1) is 10.1. The van der Waals surface area contributed by atoms with E-state index >= 15 is 0 Å². The van der Waals surface area contributed by atoms with Crippen molar-refractivity contribution in [1.29, 1.82) is 0 Å². The van der Waals surface area contributed by atoms with Crippen molar-refractivity contribution in [3.63, 3.8) is 0 Å². The van der Waals surface area contributed by atoms with E-state index in [1.54, 1.807) is 37.3 Å². The monoisotopic (exact) mass is 299 g/mol. The molecule has 2 aromatic rings. The zero-order valence-electron chi connectivity index (χ0n) is 11.8. The van der Waals surface area contributed by atoms with Gasteiger partial charge in [-0.1, -0.05) is 29.8 Å². The Hall–Kier alpha value is -2.26. The number of halogens is 1. The van der Waals surface area contributed by atoms with Crippen molar-refractivity contribution >= 4 is 34.8 Å². The fraction of sp³-hybridized carbons (Fsp3) is 0.118. The van der Waals surface area contributed by atoms with Gasteiger partial charge in [0, 0.05) is 28.8 Å². The Morgan fingerprint density at radius 1 is 1.19 bits per heavy atom. The van der Waals surface area contributed by atoms with Gasteiger partial charge in [0.25, 0.3) is 5.91 Å². The highest BCUT2D eigenvalue weighted by Crippen LogP contribution is 2.37. The molecular weight excluding hydrogens is 286 g/mol. The molecule has 2 aromatic carbocycles. The summed E-state index contributed by atoms with van der Waals surface area (Å²) in [5.41, 5.74) is 3.27. The van der Waals surface area contributed by atoms with E-state index in [2.05, 4.69) is 0 Å². The smallest absolute Gasteiger partial charge is 0.258 e. The van der Waals surface area contributed by atoms with Crippen molar-refractivity contribution in [2.75, 3.05) is 19.1 Å². The summed E-state index contributed by atoms with van der Waals surface area (Å²) in [6, 6.07) is 13.1. The molecule has 0 aliphatic carbocycles. The summed E-state index contributed by atoms with van der Waals surface area (Å²) >= 11 is 6.04. The summed E-state index contributed by atoms with van der Waals surface area (Å²) in [5.74, 6) is 0.657. The van der Waals surface area contributed by atoms with Crippen LogP contribution in [0.25, 0.3) is 11.6 Å². The Labute approximate surface area is 128 Å². The second-order valence-corrected chi connectivity index (χ2v) is 5.26. The second kappa shape index (κ2) is 5.26. The number of amides is 1. The number of likely N-dealkylation sites (N-methyl/N-ethyl adjacent to an activating group) is 1. The number of fused-ring (bicyclic) bond motifs is 1. The maximum absolute atomic E-state index is 12.4. The topological polar surface area (TPSA) is 29.5 Å². The van der Waals surface area contributed by atoms with Crippen molar-refractivity contribution in [1.82, 2.24) is 0 Å². The van der Waals surface area contributed by atoms with Crippen molar-refractivity contribution in [2.45, 2.75) is 0 Å². The first-order valence-electron chi connectivity index (χ1n) is 6.54. The number of para-hydroxylation sites is 1. The van der Waals surface area contributed by atoms with E-state index in [0.717, 1.165) is 16.8 Å². The predicted molar refractivity (Wildman–Crippen MR) is 85.7 cm³/mol. The zero-order valence-corrected chi connectivity index (χ0v) is 12.5. The first-order valence-corrected chi connectivity index (χ1v) is 6.92. The van der Waals surface area contributed by atoms with Crippen LogP contribution < -0.4 is 9.64 Å². The van der Waals surface area contributed by atoms with Crippen LogP contribution in [0.4, 0.5) is 5.69 Å². The summed E-state index contributed by atoms with van der Waals surface area (Å²) in [6.45, 7) is 0. The summed E-state index contributed by atoms with van der Waals surface area (Å²) in [5, 5.41) is 0.606. The van der Waals surface area contributed by atoms with Crippen LogP contribution in [-0.4, -0.2) is 20.1 Å². The second-order valence-electron chi connectivity index (χ2n) is 4.83. The molecule has 1 amide bonds. The lowest BCUT2D eigenvalue weighted by Gasteiger charge is -2.08. The molecule has 4 heteroatoms. The average Bonchev–Trinajstić information content (AvgIpc) is 2.73. The van der Waals surface area contributed by atoms with E-state index in [1.165, 1.54) is 0 Å². The van der Waals surface area contributed by atoms with E-state index in [-0.39, 0.29) is 5.91 Å². The van der Waals surface area contributed by atoms with Crippen LogP contribution in [0.1, 0.15) is 11.1 Å². The zero-order chi connectivity index (χ0) is 15.0. The number of benzene rings is 2. The van der Waals surface area contributed by atoms with Gasteiger partial charge in [-0.15, -0.1) is 0 Å². The van der Waals surface area contributed by atoms with Crippen molar-refractivity contribution in [3.8, 4) is 5.75 Å². The number of rotatable bonds is 2. The molecular formula is C17H14ClNO2. The third-order valence-corrected chi connectivity index (χ3v) is 3.82. The number of ether oxygens (including phenoxy) is 1. The van der Waals surface area contributed by atoms with Gasteiger partial charge in [-0.3, -0.25) is 4.79 Å². The van der Waals surface area contributed by atoms with Crippen LogP contribution in [-0.2, 0) is 4.79 Å². The fourth-order valence-electron chi connectivity index (χ4n) is 2.51. The number of anilines is 1. The molecule has 0 fully saturated rings. The molecule has 1 aliphatic heterocycles. The molecule has 0 bridgehead atoms. The van der Waals surface area contributed by atoms with Gasteiger partial charge < -0.3 is 9.64 Å². The Bertz CT molecular complexity index is 752. The SMILES string of the molecule is COc1ccc(Cl)cc1/C=C1/C(=O)N(C)c2ccccc21. The van der Waals surface area contributed by atoms with Gasteiger partial charge in [-0.25, -0.2) is 0 Å². The fourth-order valence-corrected chi connectivity index (χ4v) is 2.69. The van der Waals surface area contributed by atoms with Gasteiger partial charge >= 0.3 is 0 Å². The molecule has 0 saturated carbocycles. The molecule has 0 aromatic heterocycles. The van der Waals surface area contributed by atoms with Gasteiger partial charge in [-0.2, -0.15) is 0 Å². The number of nitrogens with zero attached hydrogens (tertiary/aromatic N) is 1. The van der Waals surface area contributed by atoms with Crippen LogP contribution in [0.3, 0.4) is 0 Å². The van der Waals surface area contributed by atoms with Crippen LogP contribution >= 0.6 is 11.6 Å². The molecule has 3 nitrogen and oxygen atoms in total. The van der Waals surface area contributed by atoms with Gasteiger partial charge in [0.2, 0.25) is 0 Å². The van der Waals surface area contributed by atoms with E-state index in [4.69, 9.17) is 16.3 Å². The van der Waals surface area contributed by atoms with E-state index in [0.29, 0.717) is 16.3 Å². The maximum Gasteiger partial charge on any atom is 0.258 e. The Balaban J connectivity index is 2.17. The Morgan fingerprint density at radius 3 is 2.71 bits per heavy atom. The highest BCUT2D eigenvalue weighted by molar-refractivity contribution is 6.36. The Morgan fingerprint density at radius 2 is 1.95 bits per heavy atom. The van der Waals surface area contributed by atoms with Gasteiger partial charge in [0.15, 0.2) is 0 Å². The summed E-state index contributed by atoms with van der Waals surface area (Å²) < 4.78 is 5.33. The molecule has 1 aliphatic rings. The quantitative estimate of drug-likeness (QED) is 0.788. The highest BCUT2D eigenvalue weighted by Gasteiger charge is 2.29. The van der Waals surface area contributed by atoms with E-state index < -0.39 is 0 Å². The molecule has 106 valence electrons. The normalized spacial score (nSPS) is 15.5. The molecule has 0 spiro atoms. The summed E-state index contributed by atoms with van der Waals surface area (Å²) in [7, 11) is 3.37. The Kier molecular flexibility index (Phi) is 3.43. The van der Waals surface area contributed by atoms with Crippen LogP contribution in [0.5, 0.6) is 5.75 Å². The van der Waals surface area contributed by atoms with Crippen LogP contribution in [0.15, 0.2) is 42.5 Å². The van der Waals surface area contributed by atoms with Gasteiger partial charge in [-0.05, 0) is 30.3 Å². The number of methoxy groups -OCH3 is 1. The third kappa shape index (κ3) is 2.30. The molecule has 0 saturated heterocycles. The minimum Gasteiger partial charge on any atom is -0.496 e. The molecule has 0 N–H and O–H groups in total. The summed E-state index contributed by atoms with van der Waals surface area (Å²) in [4.78, 5) is 14.1. The largest absolute Gasteiger partial charge is 0.496 e. The summed E-state index contributed by atoms with van der Waals surface area (Å²) in [6.07, 6.45) is 1.83. The lowest BCUT2D eigenvalue weighted by Crippen LogP contribution is -2.20. The van der Waals surface area contributed by atoms with Crippen molar-refractivity contribution in [3.05, 3.63) is 58.6 Å². The lowest BCUT2D eigenvalue weighted by atomic mass is 10.0. The predicted octanol–water partition coefficient (Wildman–Crippen LogP) is 3.87. The van der Waals surface area contributed by atoms with Gasteiger partial charge in [0.1, 0.15) is 5.75 Å². The standard InChI is InChI=1S/C17H14ClNO2/c1-19-15-6-4-3-5-13(15)14(17(19)20)10-11-9-12(18)7-8-16(11)21-2/h3-10H,1-2H3/b14-10+. The minimum absolute atomic E-state index is 0.0294. The minimum atomic E-state index is -0.0294. The van der Waals surface area contributed by atoms with Crippen LogP contribution in [0, 0.1) is 0 Å². The molecule has 0 radical (unpaired) electrons. The number of carbonyl (C=O) groups excluding carboxylic acids is 1. The first kappa shape index (κ1) is 13.7. The molecule has 0 atom stereocenters. The van der Waals surface area contributed by atoms with E-state index in [1.807, 2.05) is 30.3 Å². The van der Waals surface area contributed by atoms with Crippen molar-refractivity contribution in [2.24, 2.45) is 0 Å². The third-order valence-electron chi connectivity index (χ3n) is 3.58. The van der Waals surface area contributed by atoms with E-state index in [9.17, 15) is 4.79 Å². The number of hydrogen-bond acceptors (Lipinski definition) is 2. The average molecular weight is 300 g/mol.